The predicted molar refractivity (Wildman–Crippen MR) is 67.2 cm³/mol. The number of halogens is 1. The van der Waals surface area contributed by atoms with Gasteiger partial charge in [0.15, 0.2) is 4.90 Å². The molecule has 0 saturated carbocycles. The third-order valence-electron chi connectivity index (χ3n) is 2.49. The van der Waals surface area contributed by atoms with Crippen molar-refractivity contribution in [1.82, 2.24) is 10.2 Å². The number of sulfonamides is 1. The molecule has 2 N–H and O–H groups in total. The average molecular weight is 300 g/mol. The molecule has 20 heavy (non-hydrogen) atoms. The summed E-state index contributed by atoms with van der Waals surface area (Å²) in [5.74, 6) is -1.16. The minimum Gasteiger partial charge on any atom is -0.263 e. The number of H-pyrrole nitrogens is 1. The van der Waals surface area contributed by atoms with Gasteiger partial charge in [-0.2, -0.15) is 9.49 Å². The van der Waals surface area contributed by atoms with Crippen molar-refractivity contribution in [2.45, 2.75) is 11.8 Å². The average Bonchev–Trinajstić information content (AvgIpc) is 2.73. The summed E-state index contributed by atoms with van der Waals surface area (Å²) >= 11 is 0. The fourth-order valence-electron chi connectivity index (χ4n) is 1.53. The Labute approximate surface area is 112 Å². The van der Waals surface area contributed by atoms with Gasteiger partial charge in [0.05, 0.1) is 11.1 Å². The Morgan fingerprint density at radius 3 is 2.70 bits per heavy atom. The molecule has 1 heterocycles. The molecule has 0 fully saturated rings. The molecule has 2 aromatic rings. The molecule has 1 aromatic carbocycles. The summed E-state index contributed by atoms with van der Waals surface area (Å²) in [4.78, 5) is 8.98. The van der Waals surface area contributed by atoms with E-state index in [9.17, 15) is 22.9 Å². The maximum atomic E-state index is 13.4. The van der Waals surface area contributed by atoms with E-state index in [-0.39, 0.29) is 5.82 Å². The zero-order valence-corrected chi connectivity index (χ0v) is 10.9. The van der Waals surface area contributed by atoms with Gasteiger partial charge in [0, 0.05) is 5.56 Å². The molecule has 0 saturated heterocycles. The summed E-state index contributed by atoms with van der Waals surface area (Å²) in [7, 11) is -4.31. The van der Waals surface area contributed by atoms with Crippen LogP contribution in [-0.2, 0) is 10.0 Å². The van der Waals surface area contributed by atoms with Crippen LogP contribution in [-0.4, -0.2) is 23.5 Å². The van der Waals surface area contributed by atoms with Crippen molar-refractivity contribution in [3.63, 3.8) is 0 Å². The highest BCUT2D eigenvalue weighted by Gasteiger charge is 2.30. The van der Waals surface area contributed by atoms with E-state index >= 15 is 0 Å². The van der Waals surface area contributed by atoms with E-state index in [1.54, 1.807) is 6.92 Å². The van der Waals surface area contributed by atoms with Crippen LogP contribution < -0.4 is 4.72 Å². The summed E-state index contributed by atoms with van der Waals surface area (Å²) < 4.78 is 39.7. The number of nitro groups is 1. The summed E-state index contributed by atoms with van der Waals surface area (Å²) in [5.41, 5.74) is -0.607. The van der Waals surface area contributed by atoms with E-state index in [1.165, 1.54) is 6.20 Å². The van der Waals surface area contributed by atoms with E-state index in [1.807, 2.05) is 0 Å². The van der Waals surface area contributed by atoms with Crippen molar-refractivity contribution in [3.8, 4) is 0 Å². The number of aromatic nitrogens is 2. The van der Waals surface area contributed by atoms with E-state index in [2.05, 4.69) is 14.9 Å². The number of nitrogens with zero attached hydrogens (tertiary/aromatic N) is 2. The van der Waals surface area contributed by atoms with Crippen molar-refractivity contribution < 1.29 is 17.7 Å². The van der Waals surface area contributed by atoms with Gasteiger partial charge in [-0.1, -0.05) is 6.07 Å². The van der Waals surface area contributed by atoms with Crippen LogP contribution in [0.2, 0.25) is 0 Å². The van der Waals surface area contributed by atoms with Crippen LogP contribution in [0.25, 0.3) is 0 Å². The van der Waals surface area contributed by atoms with E-state index in [4.69, 9.17) is 0 Å². The smallest absolute Gasteiger partial charge is 0.263 e. The number of anilines is 1. The first-order valence-electron chi connectivity index (χ1n) is 5.28. The number of rotatable bonds is 4. The normalized spacial score (nSPS) is 11.3. The van der Waals surface area contributed by atoms with Gasteiger partial charge in [-0.3, -0.25) is 19.9 Å². The quantitative estimate of drug-likeness (QED) is 0.656. The molecule has 8 nitrogen and oxygen atoms in total. The first kappa shape index (κ1) is 13.9. The maximum Gasteiger partial charge on any atom is 0.325 e. The Balaban J connectivity index is 2.53. The molecule has 106 valence electrons. The lowest BCUT2D eigenvalue weighted by Gasteiger charge is -2.07. The minimum absolute atomic E-state index is 0.0589. The Kier molecular flexibility index (Phi) is 3.40. The van der Waals surface area contributed by atoms with E-state index in [0.29, 0.717) is 5.56 Å². The van der Waals surface area contributed by atoms with Gasteiger partial charge in [-0.25, -0.2) is 8.42 Å². The van der Waals surface area contributed by atoms with Crippen LogP contribution in [0.5, 0.6) is 0 Å². The standard InChI is InChI=1S/C10H9FN4O4S/c1-6-5-12-13-10(6)14-20(18,19)8-4-2-3-7(11)9(8)15(16)17/h2-5H,1H3,(H2,12,13,14). The molecule has 0 radical (unpaired) electrons. The van der Waals surface area contributed by atoms with Gasteiger partial charge >= 0.3 is 5.69 Å². The van der Waals surface area contributed by atoms with Crippen molar-refractivity contribution >= 4 is 21.5 Å². The van der Waals surface area contributed by atoms with Gasteiger partial charge in [-0.05, 0) is 19.1 Å². The van der Waals surface area contributed by atoms with Crippen molar-refractivity contribution in [2.24, 2.45) is 0 Å². The Morgan fingerprint density at radius 1 is 1.45 bits per heavy atom. The van der Waals surface area contributed by atoms with Gasteiger partial charge < -0.3 is 0 Å². The second-order valence-electron chi connectivity index (χ2n) is 3.88. The van der Waals surface area contributed by atoms with Crippen molar-refractivity contribution in [3.05, 3.63) is 45.9 Å². The Bertz CT molecular complexity index is 771. The molecule has 0 bridgehead atoms. The highest BCUT2D eigenvalue weighted by atomic mass is 32.2. The molecule has 2 rings (SSSR count). The van der Waals surface area contributed by atoms with Gasteiger partial charge in [-0.15, -0.1) is 0 Å². The highest BCUT2D eigenvalue weighted by Crippen LogP contribution is 2.28. The van der Waals surface area contributed by atoms with Gasteiger partial charge in [0.25, 0.3) is 10.0 Å². The largest absolute Gasteiger partial charge is 0.325 e. The maximum absolute atomic E-state index is 13.4. The first-order valence-corrected chi connectivity index (χ1v) is 6.77. The SMILES string of the molecule is Cc1cn[nH]c1NS(=O)(=O)c1cccc(F)c1[N+](=O)[O-]. The Morgan fingerprint density at radius 2 is 2.15 bits per heavy atom. The number of hydrogen-bond acceptors (Lipinski definition) is 5. The van der Waals surface area contributed by atoms with E-state index in [0.717, 1.165) is 18.2 Å². The predicted octanol–water partition coefficient (Wildman–Crippen LogP) is 1.57. The van der Waals surface area contributed by atoms with E-state index < -0.39 is 31.3 Å². The Hall–Kier alpha value is -2.49. The zero-order valence-electron chi connectivity index (χ0n) is 10.1. The lowest BCUT2D eigenvalue weighted by molar-refractivity contribution is -0.390. The number of hydrogen-bond donors (Lipinski definition) is 2. The van der Waals surface area contributed by atoms with Gasteiger partial charge in [0.2, 0.25) is 5.82 Å². The number of aryl methyl sites for hydroxylation is 1. The molecule has 0 atom stereocenters. The summed E-state index contributed by atoms with van der Waals surface area (Å²) in [6.07, 6.45) is 1.37. The fraction of sp³-hybridized carbons (Fsp3) is 0.100. The highest BCUT2D eigenvalue weighted by molar-refractivity contribution is 7.92. The van der Waals surface area contributed by atoms with Crippen LogP contribution in [0, 0.1) is 22.9 Å². The second-order valence-corrected chi connectivity index (χ2v) is 5.53. The molecule has 0 spiro atoms. The number of para-hydroxylation sites is 1. The lowest BCUT2D eigenvalue weighted by Crippen LogP contribution is -2.16. The van der Waals surface area contributed by atoms with Crippen molar-refractivity contribution in [2.75, 3.05) is 4.72 Å². The van der Waals surface area contributed by atoms with Crippen molar-refractivity contribution in [1.29, 1.82) is 0 Å². The molecule has 1 aromatic heterocycles. The van der Waals surface area contributed by atoms with Crippen LogP contribution >= 0.6 is 0 Å². The zero-order chi connectivity index (χ0) is 14.9. The monoisotopic (exact) mass is 300 g/mol. The third kappa shape index (κ3) is 2.45. The number of benzene rings is 1. The van der Waals surface area contributed by atoms with Gasteiger partial charge in [0.1, 0.15) is 5.82 Å². The third-order valence-corrected chi connectivity index (χ3v) is 3.87. The molecule has 0 aliphatic carbocycles. The number of aromatic amines is 1. The van der Waals surface area contributed by atoms with Crippen LogP contribution in [0.15, 0.2) is 29.3 Å². The fourth-order valence-corrected chi connectivity index (χ4v) is 2.80. The molecule has 0 aliphatic heterocycles. The molecule has 10 heteroatoms. The number of nitro benzene ring substituents is 1. The van der Waals surface area contributed by atoms with Crippen LogP contribution in [0.4, 0.5) is 15.9 Å². The summed E-state index contributed by atoms with van der Waals surface area (Å²) in [5, 5.41) is 16.8. The number of nitrogens with one attached hydrogen (secondary N) is 2. The lowest BCUT2D eigenvalue weighted by atomic mass is 10.3. The molecular weight excluding hydrogens is 291 g/mol. The van der Waals surface area contributed by atoms with Crippen LogP contribution in [0.1, 0.15) is 5.56 Å². The molecule has 0 unspecified atom stereocenters. The summed E-state index contributed by atoms with van der Waals surface area (Å²) in [6, 6.07) is 2.85. The summed E-state index contributed by atoms with van der Waals surface area (Å²) in [6.45, 7) is 1.58. The molecular formula is C10H9FN4O4S. The second kappa shape index (κ2) is 4.89. The minimum atomic E-state index is -4.31. The first-order chi connectivity index (χ1) is 9.33. The van der Waals surface area contributed by atoms with Crippen LogP contribution in [0.3, 0.4) is 0 Å². The molecule has 0 aliphatic rings. The topological polar surface area (TPSA) is 118 Å². The molecule has 0 amide bonds.